The highest BCUT2D eigenvalue weighted by Crippen LogP contribution is 2.37. The Kier molecular flexibility index (Phi) is 8.77. The van der Waals surface area contributed by atoms with Crippen molar-refractivity contribution in [3.05, 3.63) is 94.5 Å². The van der Waals surface area contributed by atoms with Gasteiger partial charge in [0.25, 0.3) is 0 Å². The zero-order chi connectivity index (χ0) is 26.2. The lowest BCUT2D eigenvalue weighted by Gasteiger charge is -2.46. The molecule has 1 N–H and O–H groups in total. The van der Waals surface area contributed by atoms with Crippen LogP contribution >= 0.6 is 0 Å². The number of ether oxygens (including phenoxy) is 2. The monoisotopic (exact) mass is 496 g/mol. The molecular formula is C30H32N4O3. The van der Waals surface area contributed by atoms with E-state index in [1.54, 1.807) is 25.3 Å². The average Bonchev–Trinajstić information content (AvgIpc) is 2.94. The zero-order valence-corrected chi connectivity index (χ0v) is 21.3. The Bertz CT molecular complexity index is 1260. The van der Waals surface area contributed by atoms with Gasteiger partial charge in [-0.3, -0.25) is 4.90 Å². The second kappa shape index (κ2) is 12.4. The molecular weight excluding hydrogens is 464 g/mol. The largest absolute Gasteiger partial charge is 0.491 e. The summed E-state index contributed by atoms with van der Waals surface area (Å²) in [5.41, 5.74) is 5.34. The van der Waals surface area contributed by atoms with Crippen LogP contribution in [0.3, 0.4) is 0 Å². The van der Waals surface area contributed by atoms with Crippen molar-refractivity contribution in [1.82, 2.24) is 4.90 Å². The van der Waals surface area contributed by atoms with Crippen molar-refractivity contribution in [2.75, 3.05) is 51.5 Å². The second-order valence-corrected chi connectivity index (χ2v) is 9.18. The van der Waals surface area contributed by atoms with E-state index in [0.29, 0.717) is 49.7 Å². The fourth-order valence-electron chi connectivity index (χ4n) is 4.85. The number of hydrogen-bond donors (Lipinski definition) is 1. The maximum absolute atomic E-state index is 10.3. The normalized spacial score (nSPS) is 16.6. The molecule has 0 unspecified atom stereocenters. The van der Waals surface area contributed by atoms with E-state index in [4.69, 9.17) is 14.7 Å². The average molecular weight is 497 g/mol. The number of aryl methyl sites for hydroxylation is 1. The maximum Gasteiger partial charge on any atom is 0.120 e. The van der Waals surface area contributed by atoms with Gasteiger partial charge in [0.05, 0.1) is 48.2 Å². The molecule has 1 aliphatic rings. The lowest BCUT2D eigenvalue weighted by molar-refractivity contribution is 0.103. The minimum Gasteiger partial charge on any atom is -0.491 e. The molecule has 37 heavy (non-hydrogen) atoms. The van der Waals surface area contributed by atoms with Crippen LogP contribution in [0, 0.1) is 29.6 Å². The molecule has 2 atom stereocenters. The van der Waals surface area contributed by atoms with E-state index in [-0.39, 0.29) is 18.7 Å². The molecule has 190 valence electrons. The lowest BCUT2D eigenvalue weighted by Crippen LogP contribution is -2.50. The first-order chi connectivity index (χ1) is 18.1. The molecule has 0 saturated carbocycles. The van der Waals surface area contributed by atoms with E-state index < -0.39 is 0 Å². The first kappa shape index (κ1) is 26.2. The number of nitrogens with zero attached hydrogens (tertiary/aromatic N) is 4. The summed E-state index contributed by atoms with van der Waals surface area (Å²) in [7, 11) is 1.63. The zero-order valence-electron chi connectivity index (χ0n) is 21.3. The molecule has 4 rings (SSSR count). The Morgan fingerprint density at radius 1 is 0.973 bits per heavy atom. The van der Waals surface area contributed by atoms with Gasteiger partial charge in [-0.2, -0.15) is 10.5 Å². The molecule has 0 amide bonds. The smallest absolute Gasteiger partial charge is 0.120 e. The van der Waals surface area contributed by atoms with Crippen molar-refractivity contribution in [1.29, 1.82) is 10.5 Å². The minimum atomic E-state index is -0.185. The van der Waals surface area contributed by atoms with Gasteiger partial charge < -0.3 is 19.5 Å². The summed E-state index contributed by atoms with van der Waals surface area (Å²) in [5, 5.41) is 29.5. The number of rotatable bonds is 9. The van der Waals surface area contributed by atoms with Crippen LogP contribution < -0.4 is 9.64 Å². The number of methoxy groups -OCH3 is 1. The quantitative estimate of drug-likeness (QED) is 0.440. The lowest BCUT2D eigenvalue weighted by atomic mass is 9.96. The Balaban J connectivity index is 1.65. The first-order valence-electron chi connectivity index (χ1n) is 12.4. The molecule has 0 aliphatic carbocycles. The van der Waals surface area contributed by atoms with Crippen molar-refractivity contribution in [3.8, 4) is 17.9 Å². The highest BCUT2D eigenvalue weighted by atomic mass is 16.5. The Hall–Kier alpha value is -3.88. The van der Waals surface area contributed by atoms with Gasteiger partial charge in [-0.1, -0.05) is 42.0 Å². The molecule has 0 spiro atoms. The molecule has 1 aliphatic heterocycles. The number of benzene rings is 3. The highest BCUT2D eigenvalue weighted by Gasteiger charge is 2.33. The third kappa shape index (κ3) is 6.10. The first-order valence-corrected chi connectivity index (χ1v) is 12.4. The third-order valence-corrected chi connectivity index (χ3v) is 6.87. The van der Waals surface area contributed by atoms with Crippen LogP contribution in [0.4, 0.5) is 5.69 Å². The number of piperazine rings is 1. The van der Waals surface area contributed by atoms with Crippen LogP contribution in [0.5, 0.6) is 5.75 Å². The summed E-state index contributed by atoms with van der Waals surface area (Å²) in [6, 6.07) is 25.9. The van der Waals surface area contributed by atoms with Gasteiger partial charge in [0.2, 0.25) is 0 Å². The standard InChI is InChI=1S/C30H32N4O3/c1-22-3-7-24(8-4-22)29-20-33(30(21-35)25-9-5-23(18-31)6-10-25)13-14-34(29)28-12-11-27(17-26(28)19-32)37-16-15-36-2/h3-12,17,29-30,35H,13-16,20-21H2,1-2H3/t29-,30+/m0/s1. The number of anilines is 1. The molecule has 7 heteroatoms. The summed E-state index contributed by atoms with van der Waals surface area (Å²) in [6.45, 7) is 5.01. The fourth-order valence-corrected chi connectivity index (χ4v) is 4.85. The SMILES string of the molecule is COCCOc1ccc(N2CCN([C@H](CO)c3ccc(C#N)cc3)C[C@H]2c2ccc(C)cc2)c(C#N)c1. The van der Waals surface area contributed by atoms with E-state index >= 15 is 0 Å². The summed E-state index contributed by atoms with van der Waals surface area (Å²) < 4.78 is 10.8. The Morgan fingerprint density at radius 2 is 1.73 bits per heavy atom. The molecule has 0 radical (unpaired) electrons. The van der Waals surface area contributed by atoms with Crippen molar-refractivity contribution in [3.63, 3.8) is 0 Å². The summed E-state index contributed by atoms with van der Waals surface area (Å²) in [6.07, 6.45) is 0. The predicted octanol–water partition coefficient (Wildman–Crippen LogP) is 4.36. The molecule has 0 bridgehead atoms. The van der Waals surface area contributed by atoms with Gasteiger partial charge in [0, 0.05) is 26.7 Å². The van der Waals surface area contributed by atoms with E-state index in [1.165, 1.54) is 5.56 Å². The molecule has 1 fully saturated rings. The van der Waals surface area contributed by atoms with Crippen LogP contribution in [-0.4, -0.2) is 56.6 Å². The molecule has 1 heterocycles. The van der Waals surface area contributed by atoms with Gasteiger partial charge >= 0.3 is 0 Å². The van der Waals surface area contributed by atoms with E-state index in [0.717, 1.165) is 16.8 Å². The van der Waals surface area contributed by atoms with Gasteiger partial charge in [0.1, 0.15) is 18.4 Å². The van der Waals surface area contributed by atoms with Crippen LogP contribution in [-0.2, 0) is 4.74 Å². The molecule has 7 nitrogen and oxygen atoms in total. The Labute approximate surface area is 218 Å². The molecule has 1 saturated heterocycles. The minimum absolute atomic E-state index is 0.0193. The van der Waals surface area contributed by atoms with Crippen LogP contribution in [0.25, 0.3) is 0 Å². The van der Waals surface area contributed by atoms with Crippen molar-refractivity contribution >= 4 is 5.69 Å². The number of aliphatic hydroxyl groups excluding tert-OH is 1. The van der Waals surface area contributed by atoms with Gasteiger partial charge in [-0.15, -0.1) is 0 Å². The highest BCUT2D eigenvalue weighted by molar-refractivity contribution is 5.63. The number of hydrogen-bond acceptors (Lipinski definition) is 7. The van der Waals surface area contributed by atoms with Gasteiger partial charge in [0.15, 0.2) is 0 Å². The van der Waals surface area contributed by atoms with E-state index in [9.17, 15) is 10.4 Å². The Morgan fingerprint density at radius 3 is 2.38 bits per heavy atom. The van der Waals surface area contributed by atoms with Gasteiger partial charge in [-0.25, -0.2) is 0 Å². The van der Waals surface area contributed by atoms with Crippen LogP contribution in [0.15, 0.2) is 66.7 Å². The summed E-state index contributed by atoms with van der Waals surface area (Å²) >= 11 is 0. The summed E-state index contributed by atoms with van der Waals surface area (Å²) in [5.74, 6) is 0.643. The van der Waals surface area contributed by atoms with Crippen molar-refractivity contribution in [2.24, 2.45) is 0 Å². The number of aliphatic hydroxyl groups is 1. The predicted molar refractivity (Wildman–Crippen MR) is 142 cm³/mol. The van der Waals surface area contributed by atoms with Crippen LogP contribution in [0.2, 0.25) is 0 Å². The van der Waals surface area contributed by atoms with Crippen LogP contribution in [0.1, 0.15) is 39.9 Å². The fraction of sp³-hybridized carbons (Fsp3) is 0.333. The topological polar surface area (TPSA) is 92.8 Å². The van der Waals surface area contributed by atoms with E-state index in [2.05, 4.69) is 53.1 Å². The maximum atomic E-state index is 10.3. The second-order valence-electron chi connectivity index (χ2n) is 9.18. The third-order valence-electron chi connectivity index (χ3n) is 6.87. The number of nitriles is 2. The summed E-state index contributed by atoms with van der Waals surface area (Å²) in [4.78, 5) is 4.57. The van der Waals surface area contributed by atoms with Crippen molar-refractivity contribution < 1.29 is 14.6 Å². The molecule has 3 aromatic rings. The molecule has 3 aromatic carbocycles. The van der Waals surface area contributed by atoms with Crippen molar-refractivity contribution in [2.45, 2.75) is 19.0 Å². The van der Waals surface area contributed by atoms with E-state index in [1.807, 2.05) is 24.3 Å². The molecule has 0 aromatic heterocycles. The van der Waals surface area contributed by atoms with Gasteiger partial charge in [-0.05, 0) is 48.4 Å².